The summed E-state index contributed by atoms with van der Waals surface area (Å²) in [4.78, 5) is 18.2. The Balaban J connectivity index is 2.21. The summed E-state index contributed by atoms with van der Waals surface area (Å²) in [5.74, 6) is 0.517. The molecular formula is C15H15FN2OS2. The Morgan fingerprint density at radius 1 is 1.43 bits per heavy atom. The lowest BCUT2D eigenvalue weighted by Gasteiger charge is -2.13. The molecule has 1 aromatic heterocycles. The third-order valence-electron chi connectivity index (χ3n) is 3.24. The van der Waals surface area contributed by atoms with Crippen LogP contribution in [0.2, 0.25) is 0 Å². The first-order valence-corrected chi connectivity index (χ1v) is 8.68. The number of fused-ring (bicyclic) bond motifs is 1. The van der Waals surface area contributed by atoms with E-state index in [-0.39, 0.29) is 11.4 Å². The first kappa shape index (κ1) is 14.7. The predicted octanol–water partition coefficient (Wildman–Crippen LogP) is 3.52. The van der Waals surface area contributed by atoms with Crippen LogP contribution in [0, 0.1) is 5.82 Å². The second-order valence-electron chi connectivity index (χ2n) is 4.85. The van der Waals surface area contributed by atoms with E-state index in [1.54, 1.807) is 28.5 Å². The summed E-state index contributed by atoms with van der Waals surface area (Å²) in [6.07, 6.45) is 0.830. The highest BCUT2D eigenvalue weighted by Crippen LogP contribution is 2.34. The highest BCUT2D eigenvalue weighted by Gasteiger charge is 2.26. The lowest BCUT2D eigenvalue weighted by molar-refractivity contribution is 0.626. The van der Waals surface area contributed by atoms with Crippen LogP contribution in [-0.4, -0.2) is 20.6 Å². The number of benzene rings is 1. The minimum absolute atomic E-state index is 0.0445. The fourth-order valence-corrected chi connectivity index (χ4v) is 4.19. The zero-order valence-corrected chi connectivity index (χ0v) is 13.4. The topological polar surface area (TPSA) is 34.9 Å². The molecule has 21 heavy (non-hydrogen) atoms. The minimum Gasteiger partial charge on any atom is -0.268 e. The molecule has 0 unspecified atom stereocenters. The van der Waals surface area contributed by atoms with Gasteiger partial charge in [-0.3, -0.25) is 9.36 Å². The SMILES string of the molecule is CCSc1nc2c(c(=O)n1-c1ccc(F)cc1)S[C@@H](C)C2. The molecule has 3 nitrogen and oxygen atoms in total. The molecule has 110 valence electrons. The molecule has 3 rings (SSSR count). The average Bonchev–Trinajstić information content (AvgIpc) is 2.82. The largest absolute Gasteiger partial charge is 0.272 e. The highest BCUT2D eigenvalue weighted by molar-refractivity contribution is 8.00. The van der Waals surface area contributed by atoms with Gasteiger partial charge in [0, 0.05) is 11.7 Å². The van der Waals surface area contributed by atoms with Crippen molar-refractivity contribution in [2.45, 2.75) is 35.6 Å². The Morgan fingerprint density at radius 3 is 2.81 bits per heavy atom. The van der Waals surface area contributed by atoms with Crippen molar-refractivity contribution in [3.8, 4) is 5.69 Å². The summed E-state index contributed by atoms with van der Waals surface area (Å²) in [5, 5.41) is 1.06. The van der Waals surface area contributed by atoms with Crippen LogP contribution in [0.4, 0.5) is 4.39 Å². The van der Waals surface area contributed by atoms with E-state index < -0.39 is 0 Å². The van der Waals surface area contributed by atoms with E-state index >= 15 is 0 Å². The molecule has 0 fully saturated rings. The van der Waals surface area contributed by atoms with Crippen LogP contribution in [0.3, 0.4) is 0 Å². The molecule has 0 aliphatic carbocycles. The summed E-state index contributed by atoms with van der Waals surface area (Å²) >= 11 is 3.11. The van der Waals surface area contributed by atoms with Gasteiger partial charge in [-0.05, 0) is 30.0 Å². The molecule has 0 saturated carbocycles. The average molecular weight is 322 g/mol. The van der Waals surface area contributed by atoms with Crippen molar-refractivity contribution in [3.63, 3.8) is 0 Å². The van der Waals surface area contributed by atoms with Gasteiger partial charge >= 0.3 is 0 Å². The molecule has 2 heterocycles. The summed E-state index contributed by atoms with van der Waals surface area (Å²) < 4.78 is 14.7. The second-order valence-corrected chi connectivity index (χ2v) is 7.53. The number of hydrogen-bond acceptors (Lipinski definition) is 4. The smallest absolute Gasteiger partial charge is 0.268 e. The standard InChI is InChI=1S/C15H15FN2OS2/c1-3-20-15-17-12-8-9(2)21-13(12)14(19)18(15)11-6-4-10(16)5-7-11/h4-7,9H,3,8H2,1-2H3/t9-/m0/s1. The van der Waals surface area contributed by atoms with Crippen LogP contribution < -0.4 is 5.56 Å². The second kappa shape index (κ2) is 5.85. The van der Waals surface area contributed by atoms with Crippen LogP contribution in [-0.2, 0) is 6.42 Å². The lowest BCUT2D eigenvalue weighted by atomic mass is 10.2. The number of nitrogens with zero attached hydrogens (tertiary/aromatic N) is 2. The Bertz CT molecular complexity index is 728. The maximum Gasteiger partial charge on any atom is 0.272 e. The Kier molecular flexibility index (Phi) is 4.08. The Hall–Kier alpha value is -1.27. The van der Waals surface area contributed by atoms with Crippen molar-refractivity contribution in [1.29, 1.82) is 0 Å². The number of hydrogen-bond donors (Lipinski definition) is 0. The van der Waals surface area contributed by atoms with E-state index in [0.717, 1.165) is 22.8 Å². The molecular weight excluding hydrogens is 307 g/mol. The highest BCUT2D eigenvalue weighted by atomic mass is 32.2. The lowest BCUT2D eigenvalue weighted by Crippen LogP contribution is -2.23. The van der Waals surface area contributed by atoms with Gasteiger partial charge in [-0.2, -0.15) is 0 Å². The molecule has 0 amide bonds. The Morgan fingerprint density at radius 2 is 2.14 bits per heavy atom. The van der Waals surface area contributed by atoms with Crippen molar-refractivity contribution in [1.82, 2.24) is 9.55 Å². The van der Waals surface area contributed by atoms with E-state index in [9.17, 15) is 9.18 Å². The van der Waals surface area contributed by atoms with Crippen molar-refractivity contribution < 1.29 is 4.39 Å². The summed E-state index contributed by atoms with van der Waals surface area (Å²) in [5.41, 5.74) is 1.51. The number of rotatable bonds is 3. The van der Waals surface area contributed by atoms with E-state index in [4.69, 9.17) is 0 Å². The molecule has 1 aliphatic rings. The van der Waals surface area contributed by atoms with Crippen LogP contribution in [0.15, 0.2) is 39.1 Å². The van der Waals surface area contributed by atoms with Gasteiger partial charge in [-0.25, -0.2) is 9.37 Å². The summed E-state index contributed by atoms with van der Waals surface area (Å²) in [7, 11) is 0. The van der Waals surface area contributed by atoms with Crippen molar-refractivity contribution in [3.05, 3.63) is 46.1 Å². The van der Waals surface area contributed by atoms with Gasteiger partial charge < -0.3 is 0 Å². The molecule has 1 aromatic carbocycles. The van der Waals surface area contributed by atoms with E-state index in [0.29, 0.717) is 16.1 Å². The first-order valence-electron chi connectivity index (χ1n) is 6.81. The minimum atomic E-state index is -0.311. The molecule has 1 atom stereocenters. The van der Waals surface area contributed by atoms with Crippen LogP contribution in [0.5, 0.6) is 0 Å². The fourth-order valence-electron chi connectivity index (χ4n) is 2.34. The molecule has 6 heteroatoms. The van der Waals surface area contributed by atoms with Crippen molar-refractivity contribution in [2.75, 3.05) is 5.75 Å². The molecule has 2 aromatic rings. The zero-order chi connectivity index (χ0) is 15.0. The van der Waals surface area contributed by atoms with Crippen molar-refractivity contribution >= 4 is 23.5 Å². The summed E-state index contributed by atoms with van der Waals surface area (Å²) in [6.45, 7) is 4.12. The molecule has 0 radical (unpaired) electrons. The molecule has 0 saturated heterocycles. The number of halogens is 1. The van der Waals surface area contributed by atoms with Gasteiger partial charge in [0.25, 0.3) is 5.56 Å². The maximum absolute atomic E-state index is 13.1. The number of thioether (sulfide) groups is 2. The van der Waals surface area contributed by atoms with E-state index in [1.807, 2.05) is 6.92 Å². The normalized spacial score (nSPS) is 17.0. The Labute approximate surface area is 131 Å². The van der Waals surface area contributed by atoms with Gasteiger partial charge in [-0.15, -0.1) is 11.8 Å². The van der Waals surface area contributed by atoms with E-state index in [1.165, 1.54) is 23.9 Å². The van der Waals surface area contributed by atoms with Gasteiger partial charge in [0.05, 0.1) is 16.3 Å². The van der Waals surface area contributed by atoms with E-state index in [2.05, 4.69) is 11.9 Å². The van der Waals surface area contributed by atoms with Crippen LogP contribution >= 0.6 is 23.5 Å². The monoisotopic (exact) mass is 322 g/mol. The quantitative estimate of drug-likeness (QED) is 0.640. The third-order valence-corrected chi connectivity index (χ3v) is 5.28. The third kappa shape index (κ3) is 2.74. The number of aromatic nitrogens is 2. The molecule has 0 bridgehead atoms. The zero-order valence-electron chi connectivity index (χ0n) is 11.8. The fraction of sp³-hybridized carbons (Fsp3) is 0.333. The van der Waals surface area contributed by atoms with Gasteiger partial charge in [0.2, 0.25) is 0 Å². The van der Waals surface area contributed by atoms with Crippen LogP contribution in [0.1, 0.15) is 19.5 Å². The molecule has 0 spiro atoms. The predicted molar refractivity (Wildman–Crippen MR) is 85.2 cm³/mol. The maximum atomic E-state index is 13.1. The van der Waals surface area contributed by atoms with Gasteiger partial charge in [0.1, 0.15) is 5.82 Å². The first-order chi connectivity index (χ1) is 10.1. The van der Waals surface area contributed by atoms with Gasteiger partial charge in [-0.1, -0.05) is 25.6 Å². The van der Waals surface area contributed by atoms with Gasteiger partial charge in [0.15, 0.2) is 5.16 Å². The molecule has 1 aliphatic heterocycles. The van der Waals surface area contributed by atoms with Crippen molar-refractivity contribution in [2.24, 2.45) is 0 Å². The molecule has 0 N–H and O–H groups in total. The van der Waals surface area contributed by atoms with Crippen LogP contribution in [0.25, 0.3) is 5.69 Å². The summed E-state index contributed by atoms with van der Waals surface area (Å²) in [6, 6.07) is 5.97.